The van der Waals surface area contributed by atoms with E-state index >= 15 is 0 Å². The predicted molar refractivity (Wildman–Crippen MR) is 208 cm³/mol. The molecule has 51 heavy (non-hydrogen) atoms. The van der Waals surface area contributed by atoms with Crippen LogP contribution >= 0.6 is 0 Å². The van der Waals surface area contributed by atoms with E-state index in [1.54, 1.807) is 21.1 Å². The Balaban J connectivity index is 4.38. The first kappa shape index (κ1) is 48.8. The van der Waals surface area contributed by atoms with Crippen LogP contribution in [0.25, 0.3) is 0 Å². The first-order valence-electron chi connectivity index (χ1n) is 20.9. The molecule has 0 rings (SSSR count). The Morgan fingerprint density at radius 3 is 1.47 bits per heavy atom. The van der Waals surface area contributed by atoms with Crippen molar-refractivity contribution in [3.05, 3.63) is 24.3 Å². The number of carbonyl (C=O) groups is 3. The number of carboxylic acids is 1. The summed E-state index contributed by atoms with van der Waals surface area (Å²) in [6, 6.07) is -0.725. The number of carboxylic acid groups (broad SMARTS) is 1. The summed E-state index contributed by atoms with van der Waals surface area (Å²) in [4.78, 5) is 36.7. The van der Waals surface area contributed by atoms with Crippen LogP contribution in [-0.2, 0) is 28.6 Å². The van der Waals surface area contributed by atoms with Gasteiger partial charge in [-0.2, -0.15) is 0 Å². The van der Waals surface area contributed by atoms with Crippen molar-refractivity contribution in [3.8, 4) is 0 Å². The molecular weight excluding hydrogens is 642 g/mol. The molecule has 8 nitrogen and oxygen atoms in total. The molecule has 0 aromatic rings. The standard InChI is InChI=1S/C43H79NO7/c1-6-8-10-12-14-16-18-19-20-21-22-24-26-28-30-32-34-42(46)51-39(37-49-36-35-40(43(47)48)44(3,4)5)38-50-41(45)33-31-29-27-25-23-17-15-13-11-9-7-2/h13,15,20-21,39-40H,6-12,14,16-19,22-38H2,1-5H3/b15-13+,21-20+. The fourth-order valence-corrected chi connectivity index (χ4v) is 5.99. The third-order valence-electron chi connectivity index (χ3n) is 9.31. The number of unbranched alkanes of at least 4 members (excludes halogenated alkanes) is 19. The summed E-state index contributed by atoms with van der Waals surface area (Å²) in [5.41, 5.74) is 0. The average Bonchev–Trinajstić information content (AvgIpc) is 3.08. The zero-order valence-electron chi connectivity index (χ0n) is 33.8. The Labute approximate surface area is 313 Å². The SMILES string of the molecule is CCCC/C=C/CCCCCCCC(=O)OCC(COCCC(C(=O)[O-])[N+](C)(C)C)OC(=O)CCCCCCC/C=C/CCCCCCCCC. The van der Waals surface area contributed by atoms with E-state index in [0.29, 0.717) is 12.8 Å². The second-order valence-electron chi connectivity index (χ2n) is 15.2. The van der Waals surface area contributed by atoms with Crippen molar-refractivity contribution in [1.82, 2.24) is 0 Å². The van der Waals surface area contributed by atoms with Crippen LogP contribution < -0.4 is 5.11 Å². The van der Waals surface area contributed by atoms with Gasteiger partial charge in [-0.15, -0.1) is 0 Å². The number of likely N-dealkylation sites (N-methyl/N-ethyl adjacent to an activating group) is 1. The number of allylic oxidation sites excluding steroid dienone is 4. The quantitative estimate of drug-likeness (QED) is 0.0273. The molecule has 0 aliphatic rings. The van der Waals surface area contributed by atoms with Crippen LogP contribution in [0, 0.1) is 0 Å². The average molecular weight is 722 g/mol. The van der Waals surface area contributed by atoms with Gasteiger partial charge in [-0.3, -0.25) is 9.59 Å². The fourth-order valence-electron chi connectivity index (χ4n) is 5.99. The number of ether oxygens (including phenoxy) is 3. The smallest absolute Gasteiger partial charge is 0.306 e. The van der Waals surface area contributed by atoms with Crippen LogP contribution in [0.15, 0.2) is 24.3 Å². The van der Waals surface area contributed by atoms with Crippen molar-refractivity contribution < 1.29 is 38.2 Å². The van der Waals surface area contributed by atoms with Crippen molar-refractivity contribution in [3.63, 3.8) is 0 Å². The van der Waals surface area contributed by atoms with Crippen LogP contribution in [0.5, 0.6) is 0 Å². The summed E-state index contributed by atoms with van der Waals surface area (Å²) in [6.45, 7) is 4.60. The maximum absolute atomic E-state index is 12.7. The van der Waals surface area contributed by atoms with Gasteiger partial charge in [-0.05, 0) is 57.8 Å². The molecule has 0 saturated carbocycles. The molecule has 298 valence electrons. The lowest BCUT2D eigenvalue weighted by molar-refractivity contribution is -0.889. The molecule has 0 aromatic carbocycles. The normalized spacial score (nSPS) is 13.2. The Morgan fingerprint density at radius 1 is 0.569 bits per heavy atom. The molecule has 0 aliphatic carbocycles. The van der Waals surface area contributed by atoms with Gasteiger partial charge >= 0.3 is 11.9 Å². The molecule has 0 bridgehead atoms. The molecule has 0 radical (unpaired) electrons. The minimum absolute atomic E-state index is 0.0370. The maximum atomic E-state index is 12.7. The van der Waals surface area contributed by atoms with E-state index in [2.05, 4.69) is 38.2 Å². The van der Waals surface area contributed by atoms with Crippen LogP contribution in [0.2, 0.25) is 0 Å². The van der Waals surface area contributed by atoms with Gasteiger partial charge < -0.3 is 28.6 Å². The number of hydrogen-bond donors (Lipinski definition) is 0. The Bertz CT molecular complexity index is 895. The van der Waals surface area contributed by atoms with Crippen molar-refractivity contribution in [2.75, 3.05) is 41.0 Å². The van der Waals surface area contributed by atoms with E-state index in [0.717, 1.165) is 64.2 Å². The maximum Gasteiger partial charge on any atom is 0.306 e. The summed E-state index contributed by atoms with van der Waals surface area (Å²) >= 11 is 0. The minimum Gasteiger partial charge on any atom is -0.544 e. The van der Waals surface area contributed by atoms with E-state index in [-0.39, 0.29) is 42.7 Å². The van der Waals surface area contributed by atoms with Crippen molar-refractivity contribution in [2.24, 2.45) is 0 Å². The summed E-state index contributed by atoms with van der Waals surface area (Å²) in [5, 5.41) is 11.6. The van der Waals surface area contributed by atoms with E-state index in [1.165, 1.54) is 83.5 Å². The number of carbonyl (C=O) groups excluding carboxylic acids is 3. The molecule has 0 aromatic heterocycles. The Kier molecular flexibility index (Phi) is 33.4. The molecule has 0 saturated heterocycles. The highest BCUT2D eigenvalue weighted by Gasteiger charge is 2.25. The molecule has 0 aliphatic heterocycles. The highest BCUT2D eigenvalue weighted by molar-refractivity contribution is 5.70. The summed E-state index contributed by atoms with van der Waals surface area (Å²) in [7, 11) is 5.40. The van der Waals surface area contributed by atoms with Crippen LogP contribution in [0.1, 0.15) is 181 Å². The molecule has 0 N–H and O–H groups in total. The van der Waals surface area contributed by atoms with E-state index in [9.17, 15) is 19.5 Å². The number of quaternary nitrogens is 1. The summed E-state index contributed by atoms with van der Waals surface area (Å²) in [5.74, 6) is -1.76. The predicted octanol–water partition coefficient (Wildman–Crippen LogP) is 9.58. The van der Waals surface area contributed by atoms with Crippen LogP contribution in [0.3, 0.4) is 0 Å². The van der Waals surface area contributed by atoms with Gasteiger partial charge in [0.05, 0.1) is 40.3 Å². The molecule has 2 atom stereocenters. The van der Waals surface area contributed by atoms with Gasteiger partial charge in [0.15, 0.2) is 6.10 Å². The highest BCUT2D eigenvalue weighted by atomic mass is 16.6. The minimum atomic E-state index is -1.13. The van der Waals surface area contributed by atoms with Crippen molar-refractivity contribution in [1.29, 1.82) is 0 Å². The second kappa shape index (κ2) is 34.9. The van der Waals surface area contributed by atoms with Gasteiger partial charge in [0.2, 0.25) is 0 Å². The van der Waals surface area contributed by atoms with E-state index in [1.807, 2.05) is 0 Å². The van der Waals surface area contributed by atoms with Crippen molar-refractivity contribution in [2.45, 2.75) is 193 Å². The third-order valence-corrected chi connectivity index (χ3v) is 9.31. The lowest BCUT2D eigenvalue weighted by Crippen LogP contribution is -2.55. The van der Waals surface area contributed by atoms with Crippen molar-refractivity contribution >= 4 is 17.9 Å². The number of nitrogens with zero attached hydrogens (tertiary/aromatic N) is 1. The van der Waals surface area contributed by atoms with E-state index in [4.69, 9.17) is 14.2 Å². The summed E-state index contributed by atoms with van der Waals surface area (Å²) in [6.07, 6.45) is 36.3. The largest absolute Gasteiger partial charge is 0.544 e. The van der Waals surface area contributed by atoms with Gasteiger partial charge in [-0.25, -0.2) is 0 Å². The highest BCUT2D eigenvalue weighted by Crippen LogP contribution is 2.13. The molecule has 0 heterocycles. The number of esters is 2. The second-order valence-corrected chi connectivity index (χ2v) is 15.2. The molecule has 0 amide bonds. The van der Waals surface area contributed by atoms with Gasteiger partial charge in [0.25, 0.3) is 0 Å². The van der Waals surface area contributed by atoms with Gasteiger partial charge in [0.1, 0.15) is 12.6 Å². The molecule has 0 spiro atoms. The first-order chi connectivity index (χ1) is 24.6. The van der Waals surface area contributed by atoms with Gasteiger partial charge in [0, 0.05) is 19.3 Å². The topological polar surface area (TPSA) is 102 Å². The van der Waals surface area contributed by atoms with Crippen LogP contribution in [0.4, 0.5) is 0 Å². The van der Waals surface area contributed by atoms with Gasteiger partial charge in [-0.1, -0.05) is 128 Å². The zero-order chi connectivity index (χ0) is 37.8. The monoisotopic (exact) mass is 722 g/mol. The number of aliphatic carboxylic acids is 1. The lowest BCUT2D eigenvalue weighted by atomic mass is 10.1. The first-order valence-corrected chi connectivity index (χ1v) is 20.9. The molecular formula is C43H79NO7. The number of hydrogen-bond acceptors (Lipinski definition) is 7. The summed E-state index contributed by atoms with van der Waals surface area (Å²) < 4.78 is 17.1. The third kappa shape index (κ3) is 33.4. The van der Waals surface area contributed by atoms with E-state index < -0.39 is 18.1 Å². The number of rotatable bonds is 37. The molecule has 2 unspecified atom stereocenters. The Hall–Kier alpha value is -2.19. The molecule has 8 heteroatoms. The van der Waals surface area contributed by atoms with Crippen LogP contribution in [-0.4, -0.2) is 75.5 Å². The molecule has 0 fully saturated rings. The fraction of sp³-hybridized carbons (Fsp3) is 0.837. The lowest BCUT2D eigenvalue weighted by Gasteiger charge is -2.34. The Morgan fingerprint density at radius 2 is 1.00 bits per heavy atom. The zero-order valence-corrected chi connectivity index (χ0v) is 33.8.